The molecule has 0 amide bonds. The van der Waals surface area contributed by atoms with Crippen LogP contribution in [0.15, 0.2) is 18.2 Å². The molecule has 1 aromatic carbocycles. The Bertz CT molecular complexity index is 547. The Morgan fingerprint density at radius 1 is 1.17 bits per heavy atom. The normalized spacial score (nSPS) is 10.9. The lowest BCUT2D eigenvalue weighted by molar-refractivity contribution is 0.665. The molecule has 0 aliphatic rings. The maximum atomic E-state index is 6.26. The lowest BCUT2D eigenvalue weighted by Gasteiger charge is -2.09. The van der Waals surface area contributed by atoms with Gasteiger partial charge in [-0.1, -0.05) is 25.1 Å². The van der Waals surface area contributed by atoms with Gasteiger partial charge in [-0.2, -0.15) is 0 Å². The number of nitrogen functional groups attached to an aromatic ring is 1. The van der Waals surface area contributed by atoms with Crippen molar-refractivity contribution in [1.82, 2.24) is 9.55 Å². The van der Waals surface area contributed by atoms with E-state index >= 15 is 0 Å². The van der Waals surface area contributed by atoms with Crippen molar-refractivity contribution in [2.24, 2.45) is 0 Å². The van der Waals surface area contributed by atoms with Crippen LogP contribution in [0.2, 0.25) is 0 Å². The van der Waals surface area contributed by atoms with Gasteiger partial charge in [0, 0.05) is 12.1 Å². The van der Waals surface area contributed by atoms with E-state index in [1.54, 1.807) is 0 Å². The second-order valence-corrected chi connectivity index (χ2v) is 4.81. The molecule has 1 heterocycles. The van der Waals surface area contributed by atoms with Crippen LogP contribution in [-0.2, 0) is 6.54 Å². The van der Waals surface area contributed by atoms with Gasteiger partial charge in [-0.3, -0.25) is 0 Å². The van der Waals surface area contributed by atoms with E-state index in [0.717, 1.165) is 30.3 Å². The first-order valence-electron chi connectivity index (χ1n) is 6.45. The maximum Gasteiger partial charge on any atom is 0.131 e. The van der Waals surface area contributed by atoms with Crippen molar-refractivity contribution in [1.29, 1.82) is 0 Å². The zero-order chi connectivity index (χ0) is 13.3. The van der Waals surface area contributed by atoms with Gasteiger partial charge in [0.25, 0.3) is 0 Å². The molecule has 0 saturated carbocycles. The minimum absolute atomic E-state index is 0.784. The standard InChI is InChI=1S/C15H21N3/c1-5-9-18-12(4)17-14(15(18)16)13-10(2)7-6-8-11(13)3/h6-8H,5,9,16H2,1-4H3. The molecule has 2 rings (SSSR count). The third-order valence-corrected chi connectivity index (χ3v) is 3.36. The third kappa shape index (κ3) is 2.01. The predicted octanol–water partition coefficient (Wildman–Crippen LogP) is 3.47. The summed E-state index contributed by atoms with van der Waals surface area (Å²) in [5.74, 6) is 1.78. The van der Waals surface area contributed by atoms with Crippen molar-refractivity contribution in [2.75, 3.05) is 5.73 Å². The Labute approximate surface area is 109 Å². The quantitative estimate of drug-likeness (QED) is 0.897. The maximum absolute atomic E-state index is 6.26. The van der Waals surface area contributed by atoms with Gasteiger partial charge in [-0.25, -0.2) is 4.98 Å². The largest absolute Gasteiger partial charge is 0.383 e. The molecule has 0 atom stereocenters. The number of hydrogen-bond acceptors (Lipinski definition) is 2. The van der Waals surface area contributed by atoms with E-state index in [1.807, 2.05) is 6.92 Å². The minimum Gasteiger partial charge on any atom is -0.383 e. The zero-order valence-corrected chi connectivity index (χ0v) is 11.6. The van der Waals surface area contributed by atoms with Crippen LogP contribution < -0.4 is 5.73 Å². The predicted molar refractivity (Wildman–Crippen MR) is 76.6 cm³/mol. The van der Waals surface area contributed by atoms with Gasteiger partial charge >= 0.3 is 0 Å². The molecule has 2 aromatic rings. The average molecular weight is 243 g/mol. The Kier molecular flexibility index (Phi) is 3.41. The molecule has 0 aliphatic carbocycles. The number of aryl methyl sites for hydroxylation is 3. The number of hydrogen-bond donors (Lipinski definition) is 1. The van der Waals surface area contributed by atoms with Crippen molar-refractivity contribution in [3.63, 3.8) is 0 Å². The summed E-state index contributed by atoms with van der Waals surface area (Å²) < 4.78 is 2.10. The number of benzene rings is 1. The van der Waals surface area contributed by atoms with E-state index in [-0.39, 0.29) is 0 Å². The van der Waals surface area contributed by atoms with E-state index in [4.69, 9.17) is 5.73 Å². The van der Waals surface area contributed by atoms with E-state index in [0.29, 0.717) is 0 Å². The highest BCUT2D eigenvalue weighted by Crippen LogP contribution is 2.31. The minimum atomic E-state index is 0.784. The number of imidazole rings is 1. The molecule has 0 fully saturated rings. The summed E-state index contributed by atoms with van der Waals surface area (Å²) in [6.07, 6.45) is 1.06. The van der Waals surface area contributed by atoms with Crippen LogP contribution in [0.4, 0.5) is 5.82 Å². The topological polar surface area (TPSA) is 43.8 Å². The molecule has 3 heteroatoms. The number of aromatic nitrogens is 2. The van der Waals surface area contributed by atoms with Crippen molar-refractivity contribution >= 4 is 5.82 Å². The molecule has 0 spiro atoms. The van der Waals surface area contributed by atoms with Gasteiger partial charge in [0.15, 0.2) is 0 Å². The molecule has 1 aromatic heterocycles. The molecule has 18 heavy (non-hydrogen) atoms. The second kappa shape index (κ2) is 4.84. The van der Waals surface area contributed by atoms with Crippen molar-refractivity contribution in [2.45, 2.75) is 40.7 Å². The average Bonchev–Trinajstić information content (AvgIpc) is 2.58. The first kappa shape index (κ1) is 12.7. The van der Waals surface area contributed by atoms with Crippen LogP contribution in [0.25, 0.3) is 11.3 Å². The molecule has 2 N–H and O–H groups in total. The smallest absolute Gasteiger partial charge is 0.131 e. The van der Waals surface area contributed by atoms with Crippen molar-refractivity contribution in [3.05, 3.63) is 35.2 Å². The highest BCUT2D eigenvalue weighted by Gasteiger charge is 2.16. The monoisotopic (exact) mass is 243 g/mol. The fraction of sp³-hybridized carbons (Fsp3) is 0.400. The summed E-state index contributed by atoms with van der Waals surface area (Å²) in [7, 11) is 0. The molecular formula is C15H21N3. The molecular weight excluding hydrogens is 222 g/mol. The van der Waals surface area contributed by atoms with Gasteiger partial charge < -0.3 is 10.3 Å². The van der Waals surface area contributed by atoms with E-state index < -0.39 is 0 Å². The van der Waals surface area contributed by atoms with Gasteiger partial charge in [-0.05, 0) is 38.3 Å². The number of rotatable bonds is 3. The lowest BCUT2D eigenvalue weighted by atomic mass is 10.0. The third-order valence-electron chi connectivity index (χ3n) is 3.36. The summed E-state index contributed by atoms with van der Waals surface area (Å²) in [5.41, 5.74) is 10.8. The highest BCUT2D eigenvalue weighted by atomic mass is 15.1. The van der Waals surface area contributed by atoms with Crippen LogP contribution >= 0.6 is 0 Å². The SMILES string of the molecule is CCCn1c(C)nc(-c2c(C)cccc2C)c1N. The van der Waals surface area contributed by atoms with Crippen LogP contribution in [0.1, 0.15) is 30.3 Å². The van der Waals surface area contributed by atoms with Gasteiger partial charge in [0.1, 0.15) is 17.3 Å². The molecule has 96 valence electrons. The van der Waals surface area contributed by atoms with Crippen LogP contribution in [0.3, 0.4) is 0 Å². The first-order chi connectivity index (χ1) is 8.56. The first-order valence-corrected chi connectivity index (χ1v) is 6.45. The second-order valence-electron chi connectivity index (χ2n) is 4.81. The molecule has 0 aliphatic heterocycles. The summed E-state index contributed by atoms with van der Waals surface area (Å²) >= 11 is 0. The van der Waals surface area contributed by atoms with Gasteiger partial charge in [0.05, 0.1) is 0 Å². The van der Waals surface area contributed by atoms with Crippen LogP contribution in [0, 0.1) is 20.8 Å². The molecule has 0 saturated heterocycles. The van der Waals surface area contributed by atoms with Crippen LogP contribution in [0.5, 0.6) is 0 Å². The Balaban J connectivity index is 2.62. The van der Waals surface area contributed by atoms with E-state index in [9.17, 15) is 0 Å². The molecule has 0 bridgehead atoms. The summed E-state index contributed by atoms with van der Waals surface area (Å²) in [6.45, 7) is 9.31. The van der Waals surface area contributed by atoms with Crippen molar-refractivity contribution in [3.8, 4) is 11.3 Å². The Morgan fingerprint density at radius 2 is 1.78 bits per heavy atom. The number of nitrogens with zero attached hydrogens (tertiary/aromatic N) is 2. The zero-order valence-electron chi connectivity index (χ0n) is 11.6. The molecule has 0 unspecified atom stereocenters. The van der Waals surface area contributed by atoms with Crippen LogP contribution in [-0.4, -0.2) is 9.55 Å². The molecule has 3 nitrogen and oxygen atoms in total. The van der Waals surface area contributed by atoms with Gasteiger partial charge in [-0.15, -0.1) is 0 Å². The Morgan fingerprint density at radius 3 is 2.33 bits per heavy atom. The fourth-order valence-corrected chi connectivity index (χ4v) is 2.46. The Hall–Kier alpha value is -1.77. The summed E-state index contributed by atoms with van der Waals surface area (Å²) in [6, 6.07) is 6.28. The van der Waals surface area contributed by atoms with E-state index in [1.165, 1.54) is 16.7 Å². The molecule has 0 radical (unpaired) electrons. The fourth-order valence-electron chi connectivity index (χ4n) is 2.46. The van der Waals surface area contributed by atoms with Gasteiger partial charge in [0.2, 0.25) is 0 Å². The number of nitrogens with two attached hydrogens (primary N) is 1. The summed E-state index contributed by atoms with van der Waals surface area (Å²) in [4.78, 5) is 4.66. The number of anilines is 1. The van der Waals surface area contributed by atoms with Crippen molar-refractivity contribution < 1.29 is 0 Å². The lowest BCUT2D eigenvalue weighted by Crippen LogP contribution is -2.04. The highest BCUT2D eigenvalue weighted by molar-refractivity contribution is 5.76. The van der Waals surface area contributed by atoms with E-state index in [2.05, 4.69) is 48.5 Å². The summed E-state index contributed by atoms with van der Waals surface area (Å²) in [5, 5.41) is 0.